The minimum atomic E-state index is -0.301. The van der Waals surface area contributed by atoms with Gasteiger partial charge >= 0.3 is 0 Å². The van der Waals surface area contributed by atoms with Crippen LogP contribution in [0.25, 0.3) is 0 Å². The van der Waals surface area contributed by atoms with Crippen molar-refractivity contribution in [2.45, 2.75) is 51.4 Å². The lowest BCUT2D eigenvalue weighted by molar-refractivity contribution is -0.138. The van der Waals surface area contributed by atoms with Gasteiger partial charge < -0.3 is 10.4 Å². The molecule has 1 aromatic rings. The Balaban J connectivity index is 2.10. The van der Waals surface area contributed by atoms with Crippen molar-refractivity contribution in [1.82, 2.24) is 5.32 Å². The van der Waals surface area contributed by atoms with E-state index >= 15 is 0 Å². The number of hydrogen-bond acceptors (Lipinski definition) is 2. The second-order valence-electron chi connectivity index (χ2n) is 7.20. The van der Waals surface area contributed by atoms with Crippen LogP contribution in [0.2, 0.25) is 0 Å². The topological polar surface area (TPSA) is 49.3 Å². The molecule has 1 aromatic carbocycles. The number of benzene rings is 1. The van der Waals surface area contributed by atoms with Gasteiger partial charge in [0.05, 0.1) is 5.41 Å². The fourth-order valence-electron chi connectivity index (χ4n) is 5.01. The van der Waals surface area contributed by atoms with Crippen LogP contribution in [0.15, 0.2) is 18.2 Å². The summed E-state index contributed by atoms with van der Waals surface area (Å²) in [5.41, 5.74) is 2.29. The van der Waals surface area contributed by atoms with Gasteiger partial charge in [0, 0.05) is 7.05 Å². The van der Waals surface area contributed by atoms with Crippen LogP contribution < -0.4 is 5.32 Å². The number of aromatic hydroxyl groups is 1. The summed E-state index contributed by atoms with van der Waals surface area (Å²) in [4.78, 5) is 12.5. The third kappa shape index (κ3) is 1.97. The van der Waals surface area contributed by atoms with Gasteiger partial charge in [-0.25, -0.2) is 0 Å². The number of aryl methyl sites for hydroxylation is 1. The highest BCUT2D eigenvalue weighted by atomic mass is 16.3. The highest BCUT2D eigenvalue weighted by Gasteiger charge is 2.54. The fourth-order valence-corrected chi connectivity index (χ4v) is 5.01. The summed E-state index contributed by atoms with van der Waals surface area (Å²) in [6, 6.07) is 5.76. The lowest BCUT2D eigenvalue weighted by atomic mass is 9.49. The maximum absolute atomic E-state index is 12.5. The van der Waals surface area contributed by atoms with E-state index in [0.717, 1.165) is 32.1 Å². The van der Waals surface area contributed by atoms with E-state index in [-0.39, 0.29) is 16.7 Å². The maximum atomic E-state index is 12.5. The number of fused-ring (bicyclic) bond motifs is 3. The number of nitrogens with one attached hydrogen (secondary N) is 1. The van der Waals surface area contributed by atoms with E-state index in [1.807, 2.05) is 6.07 Å². The van der Waals surface area contributed by atoms with E-state index in [0.29, 0.717) is 11.7 Å². The first-order valence-electron chi connectivity index (χ1n) is 7.96. The first kappa shape index (κ1) is 14.4. The standard InChI is InChI=1S/C18H25NO2/c1-17-9-4-10-18(2,16(21)19-3)15(17)8-6-12-5-7-13(20)11-14(12)17/h5,7,11,15,20H,4,6,8-10H2,1-3H3,(H,19,21)/t15?,17?,18-/m0/s1. The molecule has 0 radical (unpaired) electrons. The molecule has 1 saturated carbocycles. The maximum Gasteiger partial charge on any atom is 0.225 e. The first-order chi connectivity index (χ1) is 9.91. The number of rotatable bonds is 1. The van der Waals surface area contributed by atoms with Crippen molar-refractivity contribution in [2.75, 3.05) is 7.05 Å². The largest absolute Gasteiger partial charge is 0.508 e. The number of amides is 1. The van der Waals surface area contributed by atoms with Crippen molar-refractivity contribution >= 4 is 5.91 Å². The van der Waals surface area contributed by atoms with Crippen molar-refractivity contribution in [3.8, 4) is 5.75 Å². The summed E-state index contributed by atoms with van der Waals surface area (Å²) < 4.78 is 0. The van der Waals surface area contributed by atoms with Gasteiger partial charge in [-0.15, -0.1) is 0 Å². The molecule has 2 unspecified atom stereocenters. The third-order valence-corrected chi connectivity index (χ3v) is 6.09. The Bertz CT molecular complexity index is 583. The number of carbonyl (C=O) groups excluding carboxylic acids is 1. The quantitative estimate of drug-likeness (QED) is 0.833. The van der Waals surface area contributed by atoms with Gasteiger partial charge in [0.25, 0.3) is 0 Å². The van der Waals surface area contributed by atoms with Gasteiger partial charge in [-0.1, -0.05) is 26.3 Å². The Morgan fingerprint density at radius 2 is 2.10 bits per heavy atom. The van der Waals surface area contributed by atoms with Crippen LogP contribution in [-0.4, -0.2) is 18.1 Å². The van der Waals surface area contributed by atoms with E-state index in [9.17, 15) is 9.90 Å². The van der Waals surface area contributed by atoms with Gasteiger partial charge in [-0.05, 0) is 60.3 Å². The van der Waals surface area contributed by atoms with Crippen molar-refractivity contribution in [1.29, 1.82) is 0 Å². The molecule has 3 rings (SSSR count). The highest BCUT2D eigenvalue weighted by Crippen LogP contribution is 2.57. The lowest BCUT2D eigenvalue weighted by Gasteiger charge is -2.54. The molecule has 0 heterocycles. The summed E-state index contributed by atoms with van der Waals surface area (Å²) in [7, 11) is 1.74. The third-order valence-electron chi connectivity index (χ3n) is 6.09. The second-order valence-corrected chi connectivity index (χ2v) is 7.20. The predicted molar refractivity (Wildman–Crippen MR) is 83.3 cm³/mol. The molecule has 21 heavy (non-hydrogen) atoms. The number of carbonyl (C=O) groups is 1. The molecular formula is C18H25NO2. The van der Waals surface area contributed by atoms with Crippen molar-refractivity contribution in [3.05, 3.63) is 29.3 Å². The minimum Gasteiger partial charge on any atom is -0.508 e. The van der Waals surface area contributed by atoms with Crippen molar-refractivity contribution in [2.24, 2.45) is 11.3 Å². The Morgan fingerprint density at radius 3 is 2.81 bits per heavy atom. The summed E-state index contributed by atoms with van der Waals surface area (Å²) in [6.07, 6.45) is 5.18. The average Bonchev–Trinajstić information content (AvgIpc) is 2.46. The molecule has 3 heteroatoms. The molecule has 2 aliphatic rings. The van der Waals surface area contributed by atoms with Crippen LogP contribution in [0.5, 0.6) is 5.75 Å². The Morgan fingerprint density at radius 1 is 1.33 bits per heavy atom. The van der Waals surface area contributed by atoms with Gasteiger partial charge in [-0.2, -0.15) is 0 Å². The molecule has 0 spiro atoms. The molecule has 1 fully saturated rings. The Kier molecular flexibility index (Phi) is 3.27. The van der Waals surface area contributed by atoms with E-state index in [1.165, 1.54) is 11.1 Å². The minimum absolute atomic E-state index is 0.00810. The van der Waals surface area contributed by atoms with Gasteiger partial charge in [0.15, 0.2) is 0 Å². The molecule has 0 aliphatic heterocycles. The van der Waals surface area contributed by atoms with E-state index < -0.39 is 0 Å². The molecule has 114 valence electrons. The van der Waals surface area contributed by atoms with Crippen LogP contribution in [0.3, 0.4) is 0 Å². The van der Waals surface area contributed by atoms with E-state index in [4.69, 9.17) is 0 Å². The summed E-state index contributed by atoms with van der Waals surface area (Å²) in [5, 5.41) is 12.8. The van der Waals surface area contributed by atoms with Crippen LogP contribution >= 0.6 is 0 Å². The molecule has 3 nitrogen and oxygen atoms in total. The van der Waals surface area contributed by atoms with E-state index in [2.05, 4.69) is 25.2 Å². The van der Waals surface area contributed by atoms with Gasteiger partial charge in [0.2, 0.25) is 5.91 Å². The zero-order valence-electron chi connectivity index (χ0n) is 13.2. The molecule has 0 saturated heterocycles. The normalized spacial score (nSPS) is 34.7. The van der Waals surface area contributed by atoms with Crippen molar-refractivity contribution < 1.29 is 9.90 Å². The zero-order chi connectivity index (χ0) is 15.3. The number of phenolic OH excluding ortho intramolecular Hbond substituents is 1. The van der Waals surface area contributed by atoms with Crippen molar-refractivity contribution in [3.63, 3.8) is 0 Å². The highest BCUT2D eigenvalue weighted by molar-refractivity contribution is 5.83. The lowest BCUT2D eigenvalue weighted by Crippen LogP contribution is -2.54. The molecule has 0 aromatic heterocycles. The summed E-state index contributed by atoms with van der Waals surface area (Å²) in [6.45, 7) is 4.41. The first-order valence-corrected chi connectivity index (χ1v) is 7.96. The van der Waals surface area contributed by atoms with Crippen LogP contribution in [-0.2, 0) is 16.6 Å². The van der Waals surface area contributed by atoms with Crippen LogP contribution in [0.4, 0.5) is 0 Å². The Labute approximate surface area is 126 Å². The van der Waals surface area contributed by atoms with Crippen LogP contribution in [0.1, 0.15) is 50.7 Å². The average molecular weight is 287 g/mol. The molecule has 1 amide bonds. The summed E-state index contributed by atoms with van der Waals surface area (Å²) >= 11 is 0. The zero-order valence-corrected chi connectivity index (χ0v) is 13.2. The number of phenols is 1. The molecule has 2 N–H and O–H groups in total. The Hall–Kier alpha value is -1.51. The summed E-state index contributed by atoms with van der Waals surface area (Å²) in [5.74, 6) is 0.845. The molecular weight excluding hydrogens is 262 g/mol. The molecule has 0 bridgehead atoms. The molecule has 3 atom stereocenters. The fraction of sp³-hybridized carbons (Fsp3) is 0.611. The number of hydrogen-bond donors (Lipinski definition) is 2. The van der Waals surface area contributed by atoms with E-state index in [1.54, 1.807) is 13.1 Å². The second kappa shape index (κ2) is 4.75. The smallest absolute Gasteiger partial charge is 0.225 e. The van der Waals surface area contributed by atoms with Crippen LogP contribution in [0, 0.1) is 11.3 Å². The predicted octanol–water partition coefficient (Wildman–Crippen LogP) is 3.15. The SMILES string of the molecule is CNC(=O)[C@@]1(C)CCCC2(C)c3cc(O)ccc3CCC21. The monoisotopic (exact) mass is 287 g/mol. The molecule has 2 aliphatic carbocycles. The van der Waals surface area contributed by atoms with Gasteiger partial charge in [0.1, 0.15) is 5.75 Å². The van der Waals surface area contributed by atoms with Gasteiger partial charge in [-0.3, -0.25) is 4.79 Å².